The molecule has 1 heterocycles. The second kappa shape index (κ2) is 11.7. The summed E-state index contributed by atoms with van der Waals surface area (Å²) >= 11 is 0. The maximum atomic E-state index is 12.4. The molecule has 2 aromatic rings. The number of carbonyl (C=O) groups excluding carboxylic acids is 1. The highest BCUT2D eigenvalue weighted by Gasteiger charge is 2.11. The molecule has 0 radical (unpaired) electrons. The number of carbonyl (C=O) groups is 1. The number of likely N-dealkylation sites (N-methyl/N-ethyl adjacent to an activating group) is 2. The van der Waals surface area contributed by atoms with Crippen molar-refractivity contribution in [3.8, 4) is 5.75 Å². The molecule has 0 spiro atoms. The summed E-state index contributed by atoms with van der Waals surface area (Å²) in [6.45, 7) is 3.78. The second-order valence-electron chi connectivity index (χ2n) is 5.45. The van der Waals surface area contributed by atoms with Gasteiger partial charge in [0.2, 0.25) is 0 Å². The molecule has 0 saturated heterocycles. The Balaban J connectivity index is 0.00000288. The first kappa shape index (κ1) is 23.2. The quantitative estimate of drug-likeness (QED) is 0.795. The van der Waals surface area contributed by atoms with E-state index in [-0.39, 0.29) is 30.7 Å². The third kappa shape index (κ3) is 7.30. The zero-order valence-electron chi connectivity index (χ0n) is 14.7. The van der Waals surface area contributed by atoms with Crippen LogP contribution in [0.3, 0.4) is 0 Å². The molecular weight excluding hydrogens is 361 g/mol. The molecule has 0 aliphatic heterocycles. The third-order valence-corrected chi connectivity index (χ3v) is 3.51. The van der Waals surface area contributed by atoms with Crippen molar-refractivity contribution in [2.24, 2.45) is 0 Å². The molecule has 0 fully saturated rings. The van der Waals surface area contributed by atoms with Crippen molar-refractivity contribution in [2.75, 3.05) is 27.2 Å². The fourth-order valence-corrected chi connectivity index (χ4v) is 2.10. The maximum absolute atomic E-state index is 12.4. The summed E-state index contributed by atoms with van der Waals surface area (Å²) in [5, 5.41) is 3.04. The molecule has 1 aromatic heterocycles. The lowest BCUT2D eigenvalue weighted by Crippen LogP contribution is -2.32. The van der Waals surface area contributed by atoms with Crippen LogP contribution in [0.2, 0.25) is 0 Å². The minimum atomic E-state index is 0. The Morgan fingerprint density at radius 3 is 2.64 bits per heavy atom. The Labute approximate surface area is 161 Å². The molecule has 5 nitrogen and oxygen atoms in total. The normalized spacial score (nSPS) is 9.56. The van der Waals surface area contributed by atoms with Crippen molar-refractivity contribution in [3.05, 3.63) is 59.4 Å². The highest BCUT2D eigenvalue weighted by atomic mass is 35.5. The fraction of sp³-hybridized carbons (Fsp3) is 0.333. The van der Waals surface area contributed by atoms with Crippen molar-refractivity contribution >= 4 is 30.7 Å². The van der Waals surface area contributed by atoms with Gasteiger partial charge in [0.05, 0.1) is 6.20 Å². The number of hydrogen-bond donors (Lipinski definition) is 1. The summed E-state index contributed by atoms with van der Waals surface area (Å²) in [6.07, 6.45) is 1.70. The molecule has 2 rings (SSSR count). The van der Waals surface area contributed by atoms with Crippen LogP contribution in [-0.2, 0) is 6.61 Å². The smallest absolute Gasteiger partial charge is 0.253 e. The van der Waals surface area contributed by atoms with Gasteiger partial charge in [-0.2, -0.15) is 0 Å². The molecule has 1 amide bonds. The number of rotatable bonds is 7. The van der Waals surface area contributed by atoms with Crippen LogP contribution in [0.25, 0.3) is 0 Å². The lowest BCUT2D eigenvalue weighted by molar-refractivity contribution is 0.0796. The first-order valence-electron chi connectivity index (χ1n) is 7.64. The Kier molecular flexibility index (Phi) is 10.8. The largest absolute Gasteiger partial charge is 0.487 e. The van der Waals surface area contributed by atoms with E-state index in [0.717, 1.165) is 23.6 Å². The Morgan fingerprint density at radius 2 is 2.00 bits per heavy atom. The van der Waals surface area contributed by atoms with Gasteiger partial charge in [0.25, 0.3) is 5.91 Å². The number of aromatic nitrogens is 1. The molecular formula is C18H25Cl2N3O2. The number of aryl methyl sites for hydroxylation is 1. The number of ether oxygens (including phenoxy) is 1. The van der Waals surface area contributed by atoms with Gasteiger partial charge in [-0.3, -0.25) is 9.78 Å². The molecule has 0 aliphatic rings. The van der Waals surface area contributed by atoms with E-state index in [4.69, 9.17) is 4.74 Å². The highest BCUT2D eigenvalue weighted by molar-refractivity contribution is 5.94. The van der Waals surface area contributed by atoms with Crippen LogP contribution in [0.4, 0.5) is 0 Å². The highest BCUT2D eigenvalue weighted by Crippen LogP contribution is 2.13. The van der Waals surface area contributed by atoms with Gasteiger partial charge in [-0.05, 0) is 43.8 Å². The molecule has 1 N–H and O–H groups in total. The van der Waals surface area contributed by atoms with Crippen molar-refractivity contribution in [1.82, 2.24) is 15.2 Å². The van der Waals surface area contributed by atoms with Crippen LogP contribution in [0.5, 0.6) is 5.75 Å². The maximum Gasteiger partial charge on any atom is 0.253 e. The molecule has 7 heteroatoms. The van der Waals surface area contributed by atoms with Crippen molar-refractivity contribution in [3.63, 3.8) is 0 Å². The molecule has 0 atom stereocenters. The van der Waals surface area contributed by atoms with Gasteiger partial charge in [0, 0.05) is 31.4 Å². The number of benzene rings is 1. The Bertz CT molecular complexity index is 651. The van der Waals surface area contributed by atoms with E-state index in [0.29, 0.717) is 18.7 Å². The van der Waals surface area contributed by atoms with Gasteiger partial charge in [-0.1, -0.05) is 12.1 Å². The van der Waals surface area contributed by atoms with E-state index in [1.54, 1.807) is 18.1 Å². The second-order valence-corrected chi connectivity index (χ2v) is 5.45. The number of halogens is 2. The van der Waals surface area contributed by atoms with Crippen LogP contribution < -0.4 is 10.1 Å². The molecule has 138 valence electrons. The standard InChI is InChI=1S/C18H23N3O2.2ClH/c1-14-7-8-17(12-20-14)23-13-15-5-4-6-16(11-15)18(22)21(3)10-9-19-2;;/h4-8,11-12,19H,9-10,13H2,1-3H3;2*1H. The summed E-state index contributed by atoms with van der Waals surface area (Å²) < 4.78 is 5.71. The van der Waals surface area contributed by atoms with E-state index in [9.17, 15) is 4.79 Å². The number of nitrogens with zero attached hydrogens (tertiary/aromatic N) is 2. The number of hydrogen-bond acceptors (Lipinski definition) is 4. The summed E-state index contributed by atoms with van der Waals surface area (Å²) in [5.74, 6) is 0.734. The summed E-state index contributed by atoms with van der Waals surface area (Å²) in [7, 11) is 3.68. The Hall–Kier alpha value is -1.82. The number of nitrogens with one attached hydrogen (secondary N) is 1. The topological polar surface area (TPSA) is 54.5 Å². The van der Waals surface area contributed by atoms with Crippen LogP contribution in [0, 0.1) is 6.92 Å². The molecule has 0 saturated carbocycles. The number of amides is 1. The summed E-state index contributed by atoms with van der Waals surface area (Å²) in [4.78, 5) is 18.3. The average Bonchev–Trinajstić information content (AvgIpc) is 2.58. The van der Waals surface area contributed by atoms with E-state index in [2.05, 4.69) is 10.3 Å². The zero-order valence-corrected chi connectivity index (χ0v) is 16.3. The predicted molar refractivity (Wildman–Crippen MR) is 105 cm³/mol. The van der Waals surface area contributed by atoms with Gasteiger partial charge < -0.3 is 15.0 Å². The minimum absolute atomic E-state index is 0. The first-order chi connectivity index (χ1) is 11.1. The van der Waals surface area contributed by atoms with Crippen LogP contribution in [0.15, 0.2) is 42.6 Å². The Morgan fingerprint density at radius 1 is 1.24 bits per heavy atom. The van der Waals surface area contributed by atoms with Crippen LogP contribution >= 0.6 is 24.8 Å². The van der Waals surface area contributed by atoms with E-state index in [1.807, 2.05) is 50.4 Å². The van der Waals surface area contributed by atoms with Crippen molar-refractivity contribution < 1.29 is 9.53 Å². The lowest BCUT2D eigenvalue weighted by Gasteiger charge is -2.17. The average molecular weight is 386 g/mol. The molecule has 0 unspecified atom stereocenters. The van der Waals surface area contributed by atoms with Crippen molar-refractivity contribution in [2.45, 2.75) is 13.5 Å². The zero-order chi connectivity index (χ0) is 16.7. The van der Waals surface area contributed by atoms with Gasteiger partial charge in [-0.25, -0.2) is 0 Å². The van der Waals surface area contributed by atoms with Crippen molar-refractivity contribution in [1.29, 1.82) is 0 Å². The third-order valence-electron chi connectivity index (χ3n) is 3.51. The molecule has 0 bridgehead atoms. The SMILES string of the molecule is CNCCN(C)C(=O)c1cccc(COc2ccc(C)nc2)c1.Cl.Cl. The van der Waals surface area contributed by atoms with Gasteiger partial charge in [0.15, 0.2) is 0 Å². The summed E-state index contributed by atoms with van der Waals surface area (Å²) in [5.41, 5.74) is 2.58. The predicted octanol–water partition coefficient (Wildman–Crippen LogP) is 3.10. The van der Waals surface area contributed by atoms with Crippen LogP contribution in [0.1, 0.15) is 21.6 Å². The van der Waals surface area contributed by atoms with Gasteiger partial charge in [0.1, 0.15) is 12.4 Å². The summed E-state index contributed by atoms with van der Waals surface area (Å²) in [6, 6.07) is 11.3. The fourth-order valence-electron chi connectivity index (χ4n) is 2.10. The van der Waals surface area contributed by atoms with Gasteiger partial charge >= 0.3 is 0 Å². The van der Waals surface area contributed by atoms with Crippen LogP contribution in [-0.4, -0.2) is 43.0 Å². The first-order valence-corrected chi connectivity index (χ1v) is 7.64. The lowest BCUT2D eigenvalue weighted by atomic mass is 10.1. The minimum Gasteiger partial charge on any atom is -0.487 e. The van der Waals surface area contributed by atoms with E-state index < -0.39 is 0 Å². The van der Waals surface area contributed by atoms with E-state index in [1.165, 1.54) is 0 Å². The molecule has 1 aromatic carbocycles. The van der Waals surface area contributed by atoms with E-state index >= 15 is 0 Å². The molecule has 0 aliphatic carbocycles. The molecule has 25 heavy (non-hydrogen) atoms. The van der Waals surface area contributed by atoms with Gasteiger partial charge in [-0.15, -0.1) is 24.8 Å². The number of pyridine rings is 1. The monoisotopic (exact) mass is 385 g/mol.